The summed E-state index contributed by atoms with van der Waals surface area (Å²) in [5.74, 6) is 0.257. The van der Waals surface area contributed by atoms with Gasteiger partial charge in [0, 0.05) is 27.7 Å². The van der Waals surface area contributed by atoms with Crippen LogP contribution >= 0.6 is 11.8 Å². The number of pyridine rings is 1. The summed E-state index contributed by atoms with van der Waals surface area (Å²) in [6, 6.07) is 10.8. The fraction of sp³-hybridized carbons (Fsp3) is 0.118. The van der Waals surface area contributed by atoms with Crippen LogP contribution in [0.1, 0.15) is 11.1 Å². The van der Waals surface area contributed by atoms with Crippen LogP contribution in [0.4, 0.5) is 4.39 Å². The second-order valence-electron chi connectivity index (χ2n) is 5.28. The lowest BCUT2D eigenvalue weighted by Crippen LogP contribution is -2.00. The van der Waals surface area contributed by atoms with E-state index in [1.54, 1.807) is 11.8 Å². The number of benzene rings is 2. The number of fused-ring (bicyclic) bond motifs is 4. The quantitative estimate of drug-likeness (QED) is 0.655. The maximum Gasteiger partial charge on any atom is 0.144 e. The van der Waals surface area contributed by atoms with Crippen LogP contribution in [0, 0.1) is 12.7 Å². The van der Waals surface area contributed by atoms with Gasteiger partial charge in [-0.05, 0) is 36.8 Å². The third-order valence-corrected chi connectivity index (χ3v) is 4.84. The van der Waals surface area contributed by atoms with Crippen molar-refractivity contribution in [2.75, 3.05) is 0 Å². The molecule has 0 spiro atoms. The molecule has 0 unspecified atom stereocenters. The number of aromatic nitrogens is 1. The number of phenols is 1. The Morgan fingerprint density at radius 3 is 2.90 bits per heavy atom. The van der Waals surface area contributed by atoms with Crippen molar-refractivity contribution in [3.63, 3.8) is 0 Å². The van der Waals surface area contributed by atoms with Crippen LogP contribution in [-0.4, -0.2) is 10.1 Å². The molecule has 104 valence electrons. The summed E-state index contributed by atoms with van der Waals surface area (Å²) in [5.41, 5.74) is 4.69. The molecule has 0 bridgehead atoms. The smallest absolute Gasteiger partial charge is 0.144 e. The van der Waals surface area contributed by atoms with Gasteiger partial charge in [-0.3, -0.25) is 0 Å². The highest BCUT2D eigenvalue weighted by Gasteiger charge is 2.20. The van der Waals surface area contributed by atoms with Crippen LogP contribution in [0.25, 0.3) is 22.2 Å². The normalized spacial score (nSPS) is 13.0. The van der Waals surface area contributed by atoms with Crippen LogP contribution in [0.15, 0.2) is 41.3 Å². The number of halogens is 1. The molecule has 3 aromatic rings. The summed E-state index contributed by atoms with van der Waals surface area (Å²) in [4.78, 5) is 5.80. The molecule has 2 heterocycles. The molecule has 0 atom stereocenters. The standard InChI is InChI=1S/C17H12FNOS/c1-9-2-3-15-13(4-9)16-11(8-21-15)5-10-6-12(18)7-14(20)17(10)19-16/h2-7,20H,8H2,1H3. The van der Waals surface area contributed by atoms with E-state index in [-0.39, 0.29) is 5.75 Å². The van der Waals surface area contributed by atoms with Crippen molar-refractivity contribution >= 4 is 22.7 Å². The average molecular weight is 297 g/mol. The first-order valence-electron chi connectivity index (χ1n) is 6.68. The molecule has 4 rings (SSSR count). The third kappa shape index (κ3) is 1.98. The van der Waals surface area contributed by atoms with Crippen molar-refractivity contribution in [2.45, 2.75) is 17.6 Å². The predicted octanol–water partition coefficient (Wildman–Crippen LogP) is 4.66. The minimum Gasteiger partial charge on any atom is -0.506 e. The lowest BCUT2D eigenvalue weighted by molar-refractivity contribution is 0.474. The Morgan fingerprint density at radius 2 is 2.05 bits per heavy atom. The second kappa shape index (κ2) is 4.46. The highest BCUT2D eigenvalue weighted by Crippen LogP contribution is 2.42. The fourth-order valence-electron chi connectivity index (χ4n) is 2.73. The van der Waals surface area contributed by atoms with Gasteiger partial charge in [0.25, 0.3) is 0 Å². The Kier molecular flexibility index (Phi) is 2.69. The molecular formula is C17H12FNOS. The SMILES string of the molecule is Cc1ccc2c(c1)-c1nc3c(O)cc(F)cc3cc1CS2. The van der Waals surface area contributed by atoms with Crippen molar-refractivity contribution in [2.24, 2.45) is 0 Å². The van der Waals surface area contributed by atoms with Crippen molar-refractivity contribution in [1.82, 2.24) is 4.98 Å². The number of hydrogen-bond donors (Lipinski definition) is 1. The van der Waals surface area contributed by atoms with Crippen molar-refractivity contribution in [3.05, 3.63) is 53.3 Å². The van der Waals surface area contributed by atoms with E-state index < -0.39 is 5.82 Å². The molecule has 1 N–H and O–H groups in total. The van der Waals surface area contributed by atoms with Gasteiger partial charge in [0.1, 0.15) is 17.1 Å². The molecule has 0 saturated heterocycles. The van der Waals surface area contributed by atoms with E-state index in [0.717, 1.165) is 28.6 Å². The van der Waals surface area contributed by atoms with E-state index in [1.165, 1.54) is 16.5 Å². The number of phenolic OH excluding ortho intramolecular Hbond substituents is 1. The highest BCUT2D eigenvalue weighted by molar-refractivity contribution is 7.98. The molecule has 0 aliphatic carbocycles. The monoisotopic (exact) mass is 297 g/mol. The predicted molar refractivity (Wildman–Crippen MR) is 83.1 cm³/mol. The Balaban J connectivity index is 2.05. The lowest BCUT2D eigenvalue weighted by atomic mass is 10.0. The van der Waals surface area contributed by atoms with Gasteiger partial charge in [-0.25, -0.2) is 9.37 Å². The summed E-state index contributed by atoms with van der Waals surface area (Å²) >= 11 is 1.76. The molecule has 1 aliphatic heterocycles. The first-order chi connectivity index (χ1) is 10.1. The van der Waals surface area contributed by atoms with Gasteiger partial charge in [-0.1, -0.05) is 11.6 Å². The molecule has 0 amide bonds. The molecule has 0 saturated carbocycles. The van der Waals surface area contributed by atoms with Crippen LogP contribution in [0.5, 0.6) is 5.75 Å². The maximum absolute atomic E-state index is 13.4. The third-order valence-electron chi connectivity index (χ3n) is 3.71. The molecule has 1 aliphatic rings. The minimum absolute atomic E-state index is 0.111. The first-order valence-corrected chi connectivity index (χ1v) is 7.66. The number of rotatable bonds is 0. The Morgan fingerprint density at radius 1 is 1.19 bits per heavy atom. The first kappa shape index (κ1) is 12.7. The molecule has 1 aromatic heterocycles. The Hall–Kier alpha value is -2.07. The molecular weight excluding hydrogens is 285 g/mol. The van der Waals surface area contributed by atoms with Gasteiger partial charge >= 0.3 is 0 Å². The number of aromatic hydroxyl groups is 1. The van der Waals surface area contributed by atoms with E-state index in [2.05, 4.69) is 23.2 Å². The van der Waals surface area contributed by atoms with Gasteiger partial charge < -0.3 is 5.11 Å². The molecule has 2 aromatic carbocycles. The second-order valence-corrected chi connectivity index (χ2v) is 6.30. The zero-order valence-electron chi connectivity index (χ0n) is 11.4. The van der Waals surface area contributed by atoms with Crippen LogP contribution < -0.4 is 0 Å². The molecule has 0 radical (unpaired) electrons. The number of thioether (sulfide) groups is 1. The van der Waals surface area contributed by atoms with Crippen LogP contribution in [0.3, 0.4) is 0 Å². The van der Waals surface area contributed by atoms with Gasteiger partial charge in [0.2, 0.25) is 0 Å². The van der Waals surface area contributed by atoms with Gasteiger partial charge in [-0.15, -0.1) is 11.8 Å². The van der Waals surface area contributed by atoms with Gasteiger partial charge in [-0.2, -0.15) is 0 Å². The lowest BCUT2D eigenvalue weighted by Gasteiger charge is -2.19. The Labute approximate surface area is 125 Å². The summed E-state index contributed by atoms with van der Waals surface area (Å²) in [6.07, 6.45) is 0. The largest absolute Gasteiger partial charge is 0.506 e. The van der Waals surface area contributed by atoms with E-state index in [4.69, 9.17) is 0 Å². The maximum atomic E-state index is 13.4. The zero-order valence-corrected chi connectivity index (χ0v) is 12.2. The Bertz CT molecular complexity index is 892. The van der Waals surface area contributed by atoms with E-state index in [9.17, 15) is 9.50 Å². The zero-order chi connectivity index (χ0) is 14.6. The van der Waals surface area contributed by atoms with Crippen LogP contribution in [0.2, 0.25) is 0 Å². The minimum atomic E-state index is -0.443. The van der Waals surface area contributed by atoms with Crippen molar-refractivity contribution in [3.8, 4) is 17.0 Å². The summed E-state index contributed by atoms with van der Waals surface area (Å²) < 4.78 is 13.4. The molecule has 21 heavy (non-hydrogen) atoms. The molecule has 2 nitrogen and oxygen atoms in total. The number of aryl methyl sites for hydroxylation is 1. The average Bonchev–Trinajstić information content (AvgIpc) is 2.45. The van der Waals surface area contributed by atoms with Gasteiger partial charge in [0.05, 0.1) is 5.69 Å². The van der Waals surface area contributed by atoms with Crippen molar-refractivity contribution < 1.29 is 9.50 Å². The topological polar surface area (TPSA) is 33.1 Å². The molecule has 4 heteroatoms. The number of nitrogens with zero attached hydrogens (tertiary/aromatic N) is 1. The van der Waals surface area contributed by atoms with E-state index in [1.807, 2.05) is 13.0 Å². The van der Waals surface area contributed by atoms with Crippen molar-refractivity contribution in [1.29, 1.82) is 0 Å². The fourth-order valence-corrected chi connectivity index (χ4v) is 3.74. The summed E-state index contributed by atoms with van der Waals surface area (Å²) in [6.45, 7) is 2.05. The van der Waals surface area contributed by atoms with Crippen LogP contribution in [-0.2, 0) is 5.75 Å². The van der Waals surface area contributed by atoms with E-state index >= 15 is 0 Å². The van der Waals surface area contributed by atoms with E-state index in [0.29, 0.717) is 10.9 Å². The highest BCUT2D eigenvalue weighted by atomic mass is 32.2. The number of hydrogen-bond acceptors (Lipinski definition) is 3. The summed E-state index contributed by atoms with van der Waals surface area (Å²) in [7, 11) is 0. The van der Waals surface area contributed by atoms with Gasteiger partial charge in [0.15, 0.2) is 0 Å². The molecule has 0 fully saturated rings. The summed E-state index contributed by atoms with van der Waals surface area (Å²) in [5, 5.41) is 10.6.